The van der Waals surface area contributed by atoms with Gasteiger partial charge in [0.1, 0.15) is 0 Å². The molecular formula is C16H18ClNS2. The number of nitrogens with one attached hydrogen (secondary N) is 1. The molecule has 2 bridgehead atoms. The quantitative estimate of drug-likeness (QED) is 0.801. The van der Waals surface area contributed by atoms with Crippen LogP contribution in [0.1, 0.15) is 41.5 Å². The number of hydrogen-bond donors (Lipinski definition) is 1. The molecule has 4 atom stereocenters. The van der Waals surface area contributed by atoms with Crippen molar-refractivity contribution >= 4 is 34.3 Å². The lowest BCUT2D eigenvalue weighted by Crippen LogP contribution is -2.36. The minimum atomic E-state index is 0.330. The van der Waals surface area contributed by atoms with E-state index < -0.39 is 0 Å². The molecule has 0 aliphatic heterocycles. The molecule has 2 fully saturated rings. The van der Waals surface area contributed by atoms with Gasteiger partial charge in [-0.1, -0.05) is 24.1 Å². The van der Waals surface area contributed by atoms with Crippen LogP contribution in [0.5, 0.6) is 0 Å². The van der Waals surface area contributed by atoms with Gasteiger partial charge in [0, 0.05) is 15.8 Å². The normalized spacial score (nSPS) is 29.9. The standard InChI is InChI=1S/C16H18ClNS2/c17-15-6-5-14(20-15)16(13-2-1-7-19-13)18-12-9-10-3-4-11(12)8-10/h1-2,5-7,10-12,16,18H,3-4,8-9H2. The van der Waals surface area contributed by atoms with Crippen LogP contribution in [0, 0.1) is 11.8 Å². The average Bonchev–Trinajstić information content (AvgIpc) is 3.20. The minimum Gasteiger partial charge on any atom is -0.302 e. The third-order valence-corrected chi connectivity index (χ3v) is 7.06. The molecule has 2 heterocycles. The second-order valence-corrected chi connectivity index (χ2v) is 8.76. The maximum absolute atomic E-state index is 6.14. The van der Waals surface area contributed by atoms with E-state index in [-0.39, 0.29) is 0 Å². The molecule has 2 aliphatic rings. The SMILES string of the molecule is Clc1ccc(C(NC2CC3CCC2C3)c2cccs2)s1. The van der Waals surface area contributed by atoms with Crippen molar-refractivity contribution in [2.24, 2.45) is 11.8 Å². The van der Waals surface area contributed by atoms with Crippen LogP contribution in [-0.2, 0) is 0 Å². The Bertz CT molecular complexity index is 577. The van der Waals surface area contributed by atoms with E-state index in [1.165, 1.54) is 35.4 Å². The third kappa shape index (κ3) is 2.45. The summed E-state index contributed by atoms with van der Waals surface area (Å²) >= 11 is 9.69. The number of rotatable bonds is 4. The Kier molecular flexibility index (Phi) is 3.63. The van der Waals surface area contributed by atoms with E-state index in [0.717, 1.165) is 16.2 Å². The van der Waals surface area contributed by atoms with E-state index in [2.05, 4.69) is 28.9 Å². The van der Waals surface area contributed by atoms with Crippen molar-refractivity contribution in [2.75, 3.05) is 0 Å². The molecule has 2 saturated carbocycles. The van der Waals surface area contributed by atoms with Gasteiger partial charge in [0.25, 0.3) is 0 Å². The second kappa shape index (κ2) is 5.45. The molecular weight excluding hydrogens is 306 g/mol. The largest absolute Gasteiger partial charge is 0.302 e. The fourth-order valence-corrected chi connectivity index (χ4v) is 5.92. The van der Waals surface area contributed by atoms with Gasteiger partial charge in [-0.3, -0.25) is 0 Å². The Balaban J connectivity index is 1.59. The summed E-state index contributed by atoms with van der Waals surface area (Å²) in [5.74, 6) is 1.88. The van der Waals surface area contributed by atoms with Gasteiger partial charge in [-0.2, -0.15) is 0 Å². The van der Waals surface area contributed by atoms with Crippen LogP contribution in [0.25, 0.3) is 0 Å². The van der Waals surface area contributed by atoms with E-state index in [1.807, 2.05) is 17.4 Å². The Morgan fingerprint density at radius 1 is 1.15 bits per heavy atom. The first-order chi connectivity index (χ1) is 9.79. The number of fused-ring (bicyclic) bond motifs is 2. The Morgan fingerprint density at radius 3 is 2.70 bits per heavy atom. The minimum absolute atomic E-state index is 0.330. The van der Waals surface area contributed by atoms with Crippen LogP contribution in [-0.4, -0.2) is 6.04 Å². The average molecular weight is 324 g/mol. The van der Waals surface area contributed by atoms with Gasteiger partial charge in [-0.25, -0.2) is 0 Å². The first-order valence-corrected chi connectivity index (χ1v) is 9.41. The van der Waals surface area contributed by atoms with Gasteiger partial charge in [0.15, 0.2) is 0 Å². The van der Waals surface area contributed by atoms with Crippen LogP contribution < -0.4 is 5.32 Å². The van der Waals surface area contributed by atoms with Gasteiger partial charge < -0.3 is 5.32 Å². The summed E-state index contributed by atoms with van der Waals surface area (Å²) < 4.78 is 0.885. The van der Waals surface area contributed by atoms with Gasteiger partial charge in [0.2, 0.25) is 0 Å². The van der Waals surface area contributed by atoms with Gasteiger partial charge >= 0.3 is 0 Å². The van der Waals surface area contributed by atoms with Crippen molar-refractivity contribution in [3.8, 4) is 0 Å². The van der Waals surface area contributed by atoms with Crippen LogP contribution in [0.2, 0.25) is 4.34 Å². The van der Waals surface area contributed by atoms with E-state index in [4.69, 9.17) is 11.6 Å². The molecule has 4 rings (SSSR count). The molecule has 1 nitrogen and oxygen atoms in total. The molecule has 0 spiro atoms. The molecule has 2 aromatic heterocycles. The highest BCUT2D eigenvalue weighted by atomic mass is 35.5. The van der Waals surface area contributed by atoms with Gasteiger partial charge in [-0.05, 0) is 54.7 Å². The molecule has 2 aliphatic carbocycles. The van der Waals surface area contributed by atoms with E-state index >= 15 is 0 Å². The highest BCUT2D eigenvalue weighted by Crippen LogP contribution is 2.46. The lowest BCUT2D eigenvalue weighted by Gasteiger charge is -2.28. The zero-order valence-corrected chi connectivity index (χ0v) is 13.6. The third-order valence-electron chi connectivity index (χ3n) is 4.83. The summed E-state index contributed by atoms with van der Waals surface area (Å²) in [6.07, 6.45) is 5.69. The molecule has 0 amide bonds. The molecule has 2 aromatic rings. The summed E-state index contributed by atoms with van der Waals surface area (Å²) in [4.78, 5) is 2.76. The molecule has 0 saturated heterocycles. The molecule has 20 heavy (non-hydrogen) atoms. The Labute approximate surface area is 133 Å². The fraction of sp³-hybridized carbons (Fsp3) is 0.500. The van der Waals surface area contributed by atoms with Crippen LogP contribution >= 0.6 is 34.3 Å². The maximum Gasteiger partial charge on any atom is 0.0931 e. The molecule has 0 radical (unpaired) electrons. The summed E-state index contributed by atoms with van der Waals surface area (Å²) in [6, 6.07) is 9.61. The molecule has 106 valence electrons. The van der Waals surface area contributed by atoms with Gasteiger partial charge in [-0.15, -0.1) is 22.7 Å². The van der Waals surface area contributed by atoms with Gasteiger partial charge in [0.05, 0.1) is 10.4 Å². The fourth-order valence-electron chi connectivity index (χ4n) is 3.91. The molecule has 0 aromatic carbocycles. The number of thiophene rings is 2. The van der Waals surface area contributed by atoms with Crippen LogP contribution in [0.4, 0.5) is 0 Å². The highest BCUT2D eigenvalue weighted by Gasteiger charge is 2.40. The van der Waals surface area contributed by atoms with E-state index in [1.54, 1.807) is 11.3 Å². The molecule has 4 unspecified atom stereocenters. The first-order valence-electron chi connectivity index (χ1n) is 7.34. The molecule has 4 heteroatoms. The zero-order valence-electron chi connectivity index (χ0n) is 11.2. The van der Waals surface area contributed by atoms with E-state index in [9.17, 15) is 0 Å². The summed E-state index contributed by atoms with van der Waals surface area (Å²) in [7, 11) is 0. The lowest BCUT2D eigenvalue weighted by molar-refractivity contribution is 0.336. The smallest absolute Gasteiger partial charge is 0.0931 e. The lowest BCUT2D eigenvalue weighted by atomic mass is 9.94. The van der Waals surface area contributed by atoms with Crippen molar-refractivity contribution < 1.29 is 0 Å². The maximum atomic E-state index is 6.14. The molecule has 1 N–H and O–H groups in total. The van der Waals surface area contributed by atoms with Crippen molar-refractivity contribution in [1.82, 2.24) is 5.32 Å². The van der Waals surface area contributed by atoms with Crippen LogP contribution in [0.15, 0.2) is 29.6 Å². The van der Waals surface area contributed by atoms with Crippen molar-refractivity contribution in [3.63, 3.8) is 0 Å². The predicted molar refractivity (Wildman–Crippen MR) is 87.9 cm³/mol. The van der Waals surface area contributed by atoms with Crippen LogP contribution in [0.3, 0.4) is 0 Å². The summed E-state index contributed by atoms with van der Waals surface area (Å²) in [5, 5.41) is 6.11. The topological polar surface area (TPSA) is 12.0 Å². The van der Waals surface area contributed by atoms with Crippen molar-refractivity contribution in [3.05, 3.63) is 43.7 Å². The highest BCUT2D eigenvalue weighted by molar-refractivity contribution is 7.16. The second-order valence-electron chi connectivity index (χ2n) is 6.04. The van der Waals surface area contributed by atoms with Crippen molar-refractivity contribution in [1.29, 1.82) is 0 Å². The summed E-state index contributed by atoms with van der Waals surface area (Å²) in [5.41, 5.74) is 0. The Morgan fingerprint density at radius 2 is 2.10 bits per heavy atom. The number of halogens is 1. The zero-order chi connectivity index (χ0) is 13.5. The number of hydrogen-bond acceptors (Lipinski definition) is 3. The monoisotopic (exact) mass is 323 g/mol. The summed E-state index contributed by atoms with van der Waals surface area (Å²) in [6.45, 7) is 0. The van der Waals surface area contributed by atoms with E-state index in [0.29, 0.717) is 12.1 Å². The predicted octanol–water partition coefficient (Wildman–Crippen LogP) is 5.33. The first kappa shape index (κ1) is 13.3. The van der Waals surface area contributed by atoms with Crippen molar-refractivity contribution in [2.45, 2.75) is 37.8 Å². The Hall–Kier alpha value is -0.350.